The molecule has 0 aromatic carbocycles. The van der Waals surface area contributed by atoms with E-state index in [2.05, 4.69) is 21.3 Å². The van der Waals surface area contributed by atoms with Crippen LogP contribution in [0.25, 0.3) is 0 Å². The molecule has 0 radical (unpaired) electrons. The lowest BCUT2D eigenvalue weighted by atomic mass is 10.3. The van der Waals surface area contributed by atoms with Crippen molar-refractivity contribution in [2.24, 2.45) is 4.99 Å². The number of nitrogens with zero attached hydrogens (tertiary/aromatic N) is 2. The first-order valence-electron chi connectivity index (χ1n) is 4.43. The lowest BCUT2D eigenvalue weighted by Crippen LogP contribution is -2.45. The standard InChI is InChI=1S/C9H17N3/c1-3-4-9(10-2)12-7-5-11-6-8-12/h3-4,11H,5-8H2,1-2H3/b4-3-,10-9?. The van der Waals surface area contributed by atoms with Gasteiger partial charge in [0.2, 0.25) is 0 Å². The molecule has 1 aliphatic rings. The fourth-order valence-corrected chi connectivity index (χ4v) is 1.36. The van der Waals surface area contributed by atoms with Crippen molar-refractivity contribution in [3.05, 3.63) is 12.2 Å². The van der Waals surface area contributed by atoms with Crippen molar-refractivity contribution < 1.29 is 0 Å². The van der Waals surface area contributed by atoms with E-state index in [1.165, 1.54) is 0 Å². The summed E-state index contributed by atoms with van der Waals surface area (Å²) in [5.74, 6) is 1.10. The van der Waals surface area contributed by atoms with Gasteiger partial charge in [0.05, 0.1) is 0 Å². The van der Waals surface area contributed by atoms with Gasteiger partial charge in [-0.1, -0.05) is 6.08 Å². The first kappa shape index (κ1) is 9.26. The first-order chi connectivity index (χ1) is 5.88. The summed E-state index contributed by atoms with van der Waals surface area (Å²) in [6.45, 7) is 6.29. The summed E-state index contributed by atoms with van der Waals surface area (Å²) >= 11 is 0. The first-order valence-corrected chi connectivity index (χ1v) is 4.43. The van der Waals surface area contributed by atoms with Gasteiger partial charge in [-0.25, -0.2) is 0 Å². The molecule has 1 N–H and O–H groups in total. The predicted molar refractivity (Wildman–Crippen MR) is 52.6 cm³/mol. The Labute approximate surface area is 74.2 Å². The minimum Gasteiger partial charge on any atom is -0.354 e. The van der Waals surface area contributed by atoms with E-state index in [-0.39, 0.29) is 0 Å². The van der Waals surface area contributed by atoms with Crippen molar-refractivity contribution in [3.63, 3.8) is 0 Å². The molecule has 1 heterocycles. The molecule has 12 heavy (non-hydrogen) atoms. The maximum absolute atomic E-state index is 4.23. The molecule has 0 spiro atoms. The van der Waals surface area contributed by atoms with Crippen molar-refractivity contribution in [2.75, 3.05) is 33.2 Å². The molecule has 1 aliphatic heterocycles. The van der Waals surface area contributed by atoms with Crippen LogP contribution in [0.5, 0.6) is 0 Å². The van der Waals surface area contributed by atoms with Crippen molar-refractivity contribution in [1.29, 1.82) is 0 Å². The number of allylic oxidation sites excluding steroid dienone is 1. The third kappa shape index (κ3) is 2.34. The smallest absolute Gasteiger partial charge is 0.122 e. The van der Waals surface area contributed by atoms with Crippen LogP contribution in [0.1, 0.15) is 6.92 Å². The number of hydrogen-bond acceptors (Lipinski definition) is 2. The highest BCUT2D eigenvalue weighted by molar-refractivity contribution is 5.92. The molecule has 0 aromatic heterocycles. The molecular weight excluding hydrogens is 150 g/mol. The Bertz CT molecular complexity index is 178. The average molecular weight is 167 g/mol. The van der Waals surface area contributed by atoms with Crippen molar-refractivity contribution in [2.45, 2.75) is 6.92 Å². The number of amidine groups is 1. The van der Waals surface area contributed by atoms with Gasteiger partial charge in [-0.3, -0.25) is 4.99 Å². The Morgan fingerprint density at radius 2 is 2.08 bits per heavy atom. The van der Waals surface area contributed by atoms with Gasteiger partial charge in [0, 0.05) is 33.2 Å². The summed E-state index contributed by atoms with van der Waals surface area (Å²) in [5, 5.41) is 3.32. The van der Waals surface area contributed by atoms with Gasteiger partial charge in [0.15, 0.2) is 0 Å². The lowest BCUT2D eigenvalue weighted by molar-refractivity contribution is 0.358. The van der Waals surface area contributed by atoms with E-state index in [9.17, 15) is 0 Å². The normalized spacial score (nSPS) is 20.5. The highest BCUT2D eigenvalue weighted by Crippen LogP contribution is 1.96. The van der Waals surface area contributed by atoms with Gasteiger partial charge < -0.3 is 10.2 Å². The summed E-state index contributed by atoms with van der Waals surface area (Å²) in [5.41, 5.74) is 0. The molecule has 1 rings (SSSR count). The third-order valence-corrected chi connectivity index (χ3v) is 1.99. The second-order valence-corrected chi connectivity index (χ2v) is 2.82. The summed E-state index contributed by atoms with van der Waals surface area (Å²) in [6, 6.07) is 0. The summed E-state index contributed by atoms with van der Waals surface area (Å²) in [6.07, 6.45) is 4.09. The van der Waals surface area contributed by atoms with Gasteiger partial charge in [0.25, 0.3) is 0 Å². The molecule has 1 saturated heterocycles. The van der Waals surface area contributed by atoms with Crippen molar-refractivity contribution >= 4 is 5.84 Å². The molecule has 0 saturated carbocycles. The number of rotatable bonds is 1. The van der Waals surface area contributed by atoms with Crippen LogP contribution in [0, 0.1) is 0 Å². The van der Waals surface area contributed by atoms with E-state index >= 15 is 0 Å². The monoisotopic (exact) mass is 167 g/mol. The molecule has 0 aromatic rings. The molecule has 0 aliphatic carbocycles. The molecule has 0 amide bonds. The minimum atomic E-state index is 1.07. The van der Waals surface area contributed by atoms with Gasteiger partial charge in [0.1, 0.15) is 5.84 Å². The quantitative estimate of drug-likeness (QED) is 0.455. The van der Waals surface area contributed by atoms with E-state index in [0.29, 0.717) is 0 Å². The molecule has 0 atom stereocenters. The Hall–Kier alpha value is -0.830. The van der Waals surface area contributed by atoms with E-state index in [4.69, 9.17) is 0 Å². The molecule has 3 nitrogen and oxygen atoms in total. The molecule has 1 fully saturated rings. The Morgan fingerprint density at radius 3 is 2.58 bits per heavy atom. The number of nitrogens with one attached hydrogen (secondary N) is 1. The molecule has 0 bridgehead atoms. The average Bonchev–Trinajstić information content (AvgIpc) is 2.15. The maximum Gasteiger partial charge on any atom is 0.122 e. The van der Waals surface area contributed by atoms with Crippen molar-refractivity contribution in [1.82, 2.24) is 10.2 Å². The highest BCUT2D eigenvalue weighted by Gasteiger charge is 2.10. The van der Waals surface area contributed by atoms with E-state index < -0.39 is 0 Å². The second-order valence-electron chi connectivity index (χ2n) is 2.82. The zero-order valence-electron chi connectivity index (χ0n) is 7.88. The number of piperazine rings is 1. The van der Waals surface area contributed by atoms with Gasteiger partial charge in [-0.15, -0.1) is 0 Å². The molecule has 68 valence electrons. The van der Waals surface area contributed by atoms with Gasteiger partial charge in [-0.05, 0) is 13.0 Å². The molecule has 3 heteroatoms. The Balaban J connectivity index is 2.52. The largest absolute Gasteiger partial charge is 0.354 e. The Morgan fingerprint density at radius 1 is 1.42 bits per heavy atom. The topological polar surface area (TPSA) is 27.6 Å². The highest BCUT2D eigenvalue weighted by atomic mass is 15.2. The second kappa shape index (κ2) is 4.93. The van der Waals surface area contributed by atoms with Crippen molar-refractivity contribution in [3.8, 4) is 0 Å². The van der Waals surface area contributed by atoms with Crippen LogP contribution in [0.4, 0.5) is 0 Å². The van der Waals surface area contributed by atoms with Gasteiger partial charge >= 0.3 is 0 Å². The van der Waals surface area contributed by atoms with E-state index in [0.717, 1.165) is 32.0 Å². The number of hydrogen-bond donors (Lipinski definition) is 1. The lowest BCUT2D eigenvalue weighted by Gasteiger charge is -2.28. The fraction of sp³-hybridized carbons (Fsp3) is 0.667. The van der Waals surface area contributed by atoms with Gasteiger partial charge in [-0.2, -0.15) is 0 Å². The minimum absolute atomic E-state index is 1.07. The third-order valence-electron chi connectivity index (χ3n) is 1.99. The van der Waals surface area contributed by atoms with Crippen LogP contribution >= 0.6 is 0 Å². The molecule has 0 unspecified atom stereocenters. The SMILES string of the molecule is C/C=C\C(=NC)N1CCNCC1. The Kier molecular flexibility index (Phi) is 3.80. The van der Waals surface area contributed by atoms with Crippen LogP contribution in [0.3, 0.4) is 0 Å². The van der Waals surface area contributed by atoms with E-state index in [1.54, 1.807) is 0 Å². The summed E-state index contributed by atoms with van der Waals surface area (Å²) < 4.78 is 0. The maximum atomic E-state index is 4.23. The van der Waals surface area contributed by atoms with Crippen LogP contribution in [0.15, 0.2) is 17.1 Å². The predicted octanol–water partition coefficient (Wildman–Crippen LogP) is 0.496. The zero-order chi connectivity index (χ0) is 8.81. The van der Waals surface area contributed by atoms with Crippen LogP contribution in [-0.2, 0) is 0 Å². The van der Waals surface area contributed by atoms with Crippen LogP contribution in [0.2, 0.25) is 0 Å². The summed E-state index contributed by atoms with van der Waals surface area (Å²) in [4.78, 5) is 6.53. The zero-order valence-corrected chi connectivity index (χ0v) is 7.88. The van der Waals surface area contributed by atoms with Crippen LogP contribution in [-0.4, -0.2) is 44.0 Å². The molecular formula is C9H17N3. The van der Waals surface area contributed by atoms with Crippen LogP contribution < -0.4 is 5.32 Å². The van der Waals surface area contributed by atoms with E-state index in [1.807, 2.05) is 20.0 Å². The number of aliphatic imine (C=N–C) groups is 1. The fourth-order valence-electron chi connectivity index (χ4n) is 1.36. The summed E-state index contributed by atoms with van der Waals surface area (Å²) in [7, 11) is 1.84.